The highest BCUT2D eigenvalue weighted by Gasteiger charge is 2.60. The number of hydrogen-bond donors (Lipinski definition) is 4. The molecule has 12 aliphatic heterocycles. The number of benzene rings is 2. The van der Waals surface area contributed by atoms with Crippen molar-refractivity contribution in [3.8, 4) is 22.5 Å². The smallest absolute Gasteiger partial charge is 0.258 e. The minimum atomic E-state index is -0.278. The van der Waals surface area contributed by atoms with Gasteiger partial charge in [-0.1, -0.05) is 76.5 Å². The Morgan fingerprint density at radius 1 is 0.581 bits per heavy atom. The normalized spacial score (nSPS) is 30.0. The average Bonchev–Trinajstić information content (AvgIpc) is 1.67. The van der Waals surface area contributed by atoms with Gasteiger partial charge in [0.25, 0.3) is 5.56 Å². The largest absolute Gasteiger partial charge is 0.346 e. The molecule has 3 aromatic heterocycles. The van der Waals surface area contributed by atoms with Crippen molar-refractivity contribution in [3.05, 3.63) is 93.7 Å². The molecule has 4 N–H and O–H groups in total. The number of carbonyl (C=O) groups is 4. The van der Waals surface area contributed by atoms with Gasteiger partial charge in [0.15, 0.2) is 0 Å². The summed E-state index contributed by atoms with van der Waals surface area (Å²) in [4.78, 5) is 93.4. The second-order valence-corrected chi connectivity index (χ2v) is 27.9. The topological polar surface area (TPSA) is 181 Å². The number of nitrogens with zero attached hydrogens (tertiary/aromatic N) is 6. The van der Waals surface area contributed by atoms with Crippen molar-refractivity contribution >= 4 is 34.2 Å². The predicted molar refractivity (Wildman–Crippen MR) is 337 cm³/mol. The third-order valence-electron chi connectivity index (χ3n) is 22.6. The Balaban J connectivity index is 0.672. The number of aromatic amines is 2. The van der Waals surface area contributed by atoms with Gasteiger partial charge in [-0.15, -0.1) is 0 Å². The molecule has 2 saturated carbocycles. The van der Waals surface area contributed by atoms with Gasteiger partial charge in [-0.3, -0.25) is 28.9 Å². The molecule has 460 valence electrons. The zero-order valence-electron chi connectivity index (χ0n) is 51.5. The molecule has 2 amide bonds. The molecule has 2 spiro atoms. The highest BCUT2D eigenvalue weighted by molar-refractivity contribution is 5.87. The van der Waals surface area contributed by atoms with Gasteiger partial charge in [-0.05, 0) is 206 Å². The summed E-state index contributed by atoms with van der Waals surface area (Å²) in [6, 6.07) is 12.8. The third-order valence-corrected chi connectivity index (χ3v) is 22.6. The number of amides is 2. The fourth-order valence-electron chi connectivity index (χ4n) is 16.9. The van der Waals surface area contributed by atoms with Crippen LogP contribution in [-0.2, 0) is 32.1 Å². The van der Waals surface area contributed by atoms with E-state index in [4.69, 9.17) is 9.97 Å². The standard InChI is InChI=1S/C71H96N10O5/c1-2-51(82)17-9-7-11-20-58-66-73-47-60(75-66)54-26-22-48(63-61-27-28-62(64(54)63)81(61)37-16-15-35-79-41-32-71(33-42-79)45-56(71)68(85)77-58)21-24-52(83)18-10-8-12-19-57-65-72-46-59(74-65)50-23-25-53-49(43-50)29-38-80(69(53)86)36-14-6-4-3-5-13-34-78-39-30-70(31-40-78)44-55(70)67(84)76-57/h22-23,25-26,29,38,43,46-47,55-58,61-62H,2-21,24,27-28,30-37,39-42,44-45H2,1H3,(H,72,74)(H,73,75)(H,76,84)(H,77,85)/t55-,56-,57+,58+,61?,62?/m1/s1. The van der Waals surface area contributed by atoms with Crippen LogP contribution in [0.5, 0.6) is 0 Å². The van der Waals surface area contributed by atoms with E-state index in [0.717, 1.165) is 220 Å². The first kappa shape index (κ1) is 59.2. The zero-order valence-corrected chi connectivity index (χ0v) is 51.5. The Labute approximate surface area is 509 Å². The summed E-state index contributed by atoms with van der Waals surface area (Å²) in [5.74, 6) is 2.62. The van der Waals surface area contributed by atoms with Crippen molar-refractivity contribution in [2.75, 3.05) is 45.8 Å². The summed E-state index contributed by atoms with van der Waals surface area (Å²) in [5.41, 5.74) is 8.48. The van der Waals surface area contributed by atoms with Gasteiger partial charge in [0, 0.05) is 78.9 Å². The molecule has 5 fully saturated rings. The second-order valence-electron chi connectivity index (χ2n) is 27.9. The van der Waals surface area contributed by atoms with Crippen molar-refractivity contribution in [1.82, 2.24) is 49.8 Å². The number of fused-ring (bicyclic) bond motifs is 8. The molecular formula is C71H96N10O5. The van der Waals surface area contributed by atoms with Gasteiger partial charge in [0.05, 0.1) is 35.9 Å². The highest BCUT2D eigenvalue weighted by Crippen LogP contribution is 2.61. The summed E-state index contributed by atoms with van der Waals surface area (Å²) < 4.78 is 1.87. The number of H-pyrrole nitrogens is 2. The van der Waals surface area contributed by atoms with Crippen molar-refractivity contribution < 1.29 is 19.2 Å². The average molecular weight is 1170 g/mol. The lowest BCUT2D eigenvalue weighted by Gasteiger charge is -2.33. The maximum Gasteiger partial charge on any atom is 0.258 e. The number of ketones is 2. The van der Waals surface area contributed by atoms with Crippen molar-refractivity contribution in [2.24, 2.45) is 22.7 Å². The van der Waals surface area contributed by atoms with E-state index >= 15 is 0 Å². The van der Waals surface area contributed by atoms with E-state index in [1.807, 2.05) is 42.2 Å². The van der Waals surface area contributed by atoms with E-state index in [2.05, 4.69) is 59.6 Å². The molecule has 86 heavy (non-hydrogen) atoms. The van der Waals surface area contributed by atoms with Crippen LogP contribution < -0.4 is 16.2 Å². The van der Waals surface area contributed by atoms with E-state index in [-0.39, 0.29) is 52.1 Å². The lowest BCUT2D eigenvalue weighted by atomic mass is 9.83. The maximum absolute atomic E-state index is 14.3. The number of imidazole rings is 2. The number of aromatic nitrogens is 5. The number of hydrogen-bond acceptors (Lipinski definition) is 10. The van der Waals surface area contributed by atoms with Crippen LogP contribution in [0.2, 0.25) is 0 Å². The highest BCUT2D eigenvalue weighted by atomic mass is 16.2. The van der Waals surface area contributed by atoms with Crippen LogP contribution in [0.15, 0.2) is 59.8 Å². The predicted octanol–water partition coefficient (Wildman–Crippen LogP) is 12.7. The van der Waals surface area contributed by atoms with Crippen molar-refractivity contribution in [3.63, 3.8) is 0 Å². The number of pyridine rings is 1. The Morgan fingerprint density at radius 2 is 1.15 bits per heavy atom. The first-order valence-corrected chi connectivity index (χ1v) is 34.3. The van der Waals surface area contributed by atoms with Crippen LogP contribution in [0.4, 0.5) is 0 Å². The fraction of sp³-hybridized carbons (Fsp3) is 0.648. The molecule has 3 unspecified atom stereocenters. The Kier molecular flexibility index (Phi) is 18.0. The lowest BCUT2D eigenvalue weighted by Crippen LogP contribution is -2.38. The lowest BCUT2D eigenvalue weighted by molar-refractivity contribution is -0.125. The summed E-state index contributed by atoms with van der Waals surface area (Å²) >= 11 is 0. The van der Waals surface area contributed by atoms with Crippen LogP contribution in [0.25, 0.3) is 33.3 Å². The molecule has 3 saturated heterocycles. The molecule has 15 nitrogen and oxygen atoms in total. The van der Waals surface area contributed by atoms with Gasteiger partial charge in [-0.2, -0.15) is 0 Å². The van der Waals surface area contributed by atoms with Gasteiger partial charge < -0.3 is 35.0 Å². The summed E-state index contributed by atoms with van der Waals surface area (Å²) in [6.07, 6.45) is 33.5. The Hall–Kier alpha value is -5.77. The molecule has 5 aromatic rings. The van der Waals surface area contributed by atoms with Crippen LogP contribution in [0.3, 0.4) is 0 Å². The van der Waals surface area contributed by atoms with Gasteiger partial charge in [0.1, 0.15) is 23.2 Å². The van der Waals surface area contributed by atoms with Crippen LogP contribution >= 0.6 is 0 Å². The number of piperidine rings is 2. The van der Waals surface area contributed by atoms with Crippen molar-refractivity contribution in [2.45, 2.75) is 224 Å². The van der Waals surface area contributed by atoms with E-state index < -0.39 is 0 Å². The number of aryl methyl sites for hydroxylation is 2. The number of carbonyl (C=O) groups excluding carboxylic acids is 4. The second kappa shape index (κ2) is 26.1. The summed E-state index contributed by atoms with van der Waals surface area (Å²) in [7, 11) is 0. The quantitative estimate of drug-likeness (QED) is 0.0694. The first-order chi connectivity index (χ1) is 42.0. The summed E-state index contributed by atoms with van der Waals surface area (Å²) in [5, 5.41) is 8.64. The molecule has 2 aromatic carbocycles. The van der Waals surface area contributed by atoms with E-state index in [9.17, 15) is 24.0 Å². The zero-order chi connectivity index (χ0) is 58.8. The SMILES string of the molecule is CCC(=O)CCCCC[C@@H]1NC(=O)[C@H]2CC23CCN(CCCCN2C4CCC2c2c(ccc(CCC(=O)CCCCC[C@@H]5NC(=O)[C@H]6CC67CCN(CCCCCCCCn6ccc8cc(ccc8c6=O)-c6cnc5[nH]6)CC7)c24)-c2cnc1[nH]2)CC3. The van der Waals surface area contributed by atoms with E-state index in [1.165, 1.54) is 54.4 Å². The van der Waals surface area contributed by atoms with Crippen LogP contribution in [-0.4, -0.2) is 108 Å². The minimum absolute atomic E-state index is 0.0397. The monoisotopic (exact) mass is 1170 g/mol. The number of Topliss-reactive ketones (excluding diaryl/α,β-unsaturated/α-hetero) is 2. The van der Waals surface area contributed by atoms with Gasteiger partial charge >= 0.3 is 0 Å². The molecule has 7 atom stereocenters. The molecule has 15 heterocycles. The van der Waals surface area contributed by atoms with Gasteiger partial charge in [0.2, 0.25) is 11.8 Å². The fourth-order valence-corrected chi connectivity index (χ4v) is 16.9. The maximum atomic E-state index is 14.3. The molecule has 15 heteroatoms. The molecular weight excluding hydrogens is 1070 g/mol. The number of unbranched alkanes of at least 4 members (excludes halogenated alkanes) is 4. The molecule has 16 bridgehead atoms. The van der Waals surface area contributed by atoms with Crippen molar-refractivity contribution in [1.29, 1.82) is 0 Å². The minimum Gasteiger partial charge on any atom is -0.346 e. The first-order valence-electron chi connectivity index (χ1n) is 34.3. The Bertz CT molecular complexity index is 3310. The van der Waals surface area contributed by atoms with Crippen LogP contribution in [0.1, 0.15) is 239 Å². The molecule has 2 aliphatic carbocycles. The third kappa shape index (κ3) is 12.8. The summed E-state index contributed by atoms with van der Waals surface area (Å²) in [6.45, 7) is 10.3. The number of rotatable bonds is 16. The van der Waals surface area contributed by atoms with E-state index in [1.54, 1.807) is 0 Å². The molecule has 19 rings (SSSR count). The van der Waals surface area contributed by atoms with E-state index in [0.29, 0.717) is 49.3 Å². The van der Waals surface area contributed by atoms with Crippen LogP contribution in [0, 0.1) is 22.7 Å². The number of nitrogens with one attached hydrogen (secondary N) is 4. The Morgan fingerprint density at radius 3 is 1.80 bits per heavy atom. The van der Waals surface area contributed by atoms with Gasteiger partial charge in [-0.25, -0.2) is 9.97 Å². The molecule has 14 aliphatic rings. The molecule has 0 radical (unpaired) electrons.